The summed E-state index contributed by atoms with van der Waals surface area (Å²) >= 11 is 6.71. The number of halogens is 1. The van der Waals surface area contributed by atoms with E-state index in [1.807, 2.05) is 29.2 Å². The number of benzene rings is 3. The molecule has 2 aliphatic heterocycles. The van der Waals surface area contributed by atoms with Gasteiger partial charge >= 0.3 is 0 Å². The van der Waals surface area contributed by atoms with Crippen molar-refractivity contribution in [2.45, 2.75) is 64.7 Å². The maximum Gasteiger partial charge on any atom is 0.245 e. The largest absolute Gasteiger partial charge is 0.344 e. The summed E-state index contributed by atoms with van der Waals surface area (Å²) in [5.41, 5.74) is 5.22. The lowest BCUT2D eigenvalue weighted by Crippen LogP contribution is -2.57. The average molecular weight is 630 g/mol. The highest BCUT2D eigenvalue weighted by Gasteiger charge is 2.37. The second-order valence-corrected chi connectivity index (χ2v) is 13.1. The lowest BCUT2D eigenvalue weighted by molar-refractivity contribution is -0.138. The van der Waals surface area contributed by atoms with Gasteiger partial charge in [0, 0.05) is 68.7 Å². The summed E-state index contributed by atoms with van der Waals surface area (Å²) in [5, 5.41) is 7.47. The highest BCUT2D eigenvalue weighted by Crippen LogP contribution is 2.34. The first-order valence-electron chi connectivity index (χ1n) is 16.4. The SMILES string of the molecule is CCN(CC)CC(c1ccccc1Cl)N1CCN(C(=O)C(Cc2ccc(C)cc2)NC(=O)CC2(C)NCc3ccccc32)CC1. The average Bonchev–Trinajstić information content (AvgIpc) is 3.38. The zero-order valence-corrected chi connectivity index (χ0v) is 27.9. The monoisotopic (exact) mass is 629 g/mol. The highest BCUT2D eigenvalue weighted by atomic mass is 35.5. The number of likely N-dealkylation sites (N-methyl/N-ethyl adjacent to an activating group) is 1. The van der Waals surface area contributed by atoms with Gasteiger partial charge in [-0.25, -0.2) is 0 Å². The molecule has 3 atom stereocenters. The van der Waals surface area contributed by atoms with Gasteiger partial charge in [0.05, 0.1) is 0 Å². The fraction of sp³-hybridized carbons (Fsp3) is 0.459. The van der Waals surface area contributed by atoms with Gasteiger partial charge in [0.15, 0.2) is 0 Å². The number of nitrogens with zero attached hydrogens (tertiary/aromatic N) is 3. The van der Waals surface area contributed by atoms with E-state index in [9.17, 15) is 9.59 Å². The molecule has 3 unspecified atom stereocenters. The van der Waals surface area contributed by atoms with Gasteiger partial charge in [-0.3, -0.25) is 14.5 Å². The van der Waals surface area contributed by atoms with Crippen molar-refractivity contribution in [1.29, 1.82) is 0 Å². The summed E-state index contributed by atoms with van der Waals surface area (Å²) in [6.45, 7) is 14.7. The van der Waals surface area contributed by atoms with Crippen LogP contribution >= 0.6 is 11.6 Å². The van der Waals surface area contributed by atoms with Crippen LogP contribution in [0.2, 0.25) is 5.02 Å². The van der Waals surface area contributed by atoms with Crippen LogP contribution in [0.1, 0.15) is 61.1 Å². The second kappa shape index (κ2) is 14.9. The molecule has 5 rings (SSSR count). The molecule has 2 N–H and O–H groups in total. The molecule has 1 saturated heterocycles. The van der Waals surface area contributed by atoms with Crippen LogP contribution in [-0.2, 0) is 28.1 Å². The minimum atomic E-state index is -0.637. The molecular weight excluding hydrogens is 582 g/mol. The van der Waals surface area contributed by atoms with E-state index in [0.717, 1.165) is 61.0 Å². The standard InChI is InChI=1S/C37H48ClN5O2/c1-5-41(6-2)26-34(30-12-8-10-14-32(30)38)42-19-21-43(22-20-42)36(45)33(23-28-17-15-27(3)16-18-28)40-35(44)24-37(4)31-13-9-7-11-29(31)25-39-37/h7-18,33-34,39H,5-6,19-26H2,1-4H3,(H,40,44). The minimum Gasteiger partial charge on any atom is -0.344 e. The third-order valence-electron chi connectivity index (χ3n) is 9.65. The quantitative estimate of drug-likeness (QED) is 0.284. The lowest BCUT2D eigenvalue weighted by atomic mass is 9.89. The molecule has 45 heavy (non-hydrogen) atoms. The molecule has 2 amide bonds. The normalized spacial score (nSPS) is 19.7. The number of rotatable bonds is 12. The van der Waals surface area contributed by atoms with Crippen molar-refractivity contribution in [2.75, 3.05) is 45.8 Å². The number of carbonyl (C=O) groups is 2. The van der Waals surface area contributed by atoms with E-state index in [-0.39, 0.29) is 24.3 Å². The van der Waals surface area contributed by atoms with Gasteiger partial charge in [0.25, 0.3) is 0 Å². The van der Waals surface area contributed by atoms with Crippen LogP contribution in [0.3, 0.4) is 0 Å². The summed E-state index contributed by atoms with van der Waals surface area (Å²) in [4.78, 5) is 34.6. The lowest BCUT2D eigenvalue weighted by Gasteiger charge is -2.42. The molecule has 8 heteroatoms. The second-order valence-electron chi connectivity index (χ2n) is 12.7. The van der Waals surface area contributed by atoms with Crippen LogP contribution in [0.15, 0.2) is 72.8 Å². The number of fused-ring (bicyclic) bond motifs is 1. The zero-order chi connectivity index (χ0) is 32.0. The molecule has 1 fully saturated rings. The number of nitrogens with one attached hydrogen (secondary N) is 2. The zero-order valence-electron chi connectivity index (χ0n) is 27.2. The molecule has 0 aliphatic carbocycles. The Morgan fingerprint density at radius 1 is 0.956 bits per heavy atom. The Hall–Kier alpha value is -3.23. The van der Waals surface area contributed by atoms with Gasteiger partial charge in [0.1, 0.15) is 6.04 Å². The fourth-order valence-corrected chi connectivity index (χ4v) is 7.10. The van der Waals surface area contributed by atoms with Crippen molar-refractivity contribution in [3.63, 3.8) is 0 Å². The van der Waals surface area contributed by atoms with Crippen molar-refractivity contribution in [2.24, 2.45) is 0 Å². The summed E-state index contributed by atoms with van der Waals surface area (Å²) in [6.07, 6.45) is 0.719. The molecule has 0 bridgehead atoms. The molecule has 3 aromatic carbocycles. The predicted octanol–water partition coefficient (Wildman–Crippen LogP) is 5.31. The molecule has 0 spiro atoms. The first-order chi connectivity index (χ1) is 21.7. The Balaban J connectivity index is 1.29. The number of amides is 2. The van der Waals surface area contributed by atoms with Crippen molar-refractivity contribution < 1.29 is 9.59 Å². The molecule has 2 heterocycles. The van der Waals surface area contributed by atoms with E-state index in [1.165, 1.54) is 11.1 Å². The summed E-state index contributed by atoms with van der Waals surface area (Å²) < 4.78 is 0. The minimum absolute atomic E-state index is 0.0217. The Morgan fingerprint density at radius 2 is 1.62 bits per heavy atom. The molecular formula is C37H48ClN5O2. The molecule has 240 valence electrons. The van der Waals surface area contributed by atoms with Gasteiger partial charge < -0.3 is 20.4 Å². The third-order valence-corrected chi connectivity index (χ3v) is 9.99. The van der Waals surface area contributed by atoms with Crippen molar-refractivity contribution in [3.05, 3.63) is 106 Å². The van der Waals surface area contributed by atoms with Crippen LogP contribution < -0.4 is 10.6 Å². The van der Waals surface area contributed by atoms with Gasteiger partial charge in [-0.1, -0.05) is 97.7 Å². The fourth-order valence-electron chi connectivity index (χ4n) is 6.84. The van der Waals surface area contributed by atoms with Gasteiger partial charge in [0.2, 0.25) is 11.8 Å². The third kappa shape index (κ3) is 7.95. The van der Waals surface area contributed by atoms with Crippen molar-refractivity contribution in [1.82, 2.24) is 25.3 Å². The van der Waals surface area contributed by atoms with Gasteiger partial charge in [-0.15, -0.1) is 0 Å². The number of piperazine rings is 1. The van der Waals surface area contributed by atoms with Crippen molar-refractivity contribution in [3.8, 4) is 0 Å². The molecule has 0 radical (unpaired) electrons. The first kappa shape index (κ1) is 33.1. The highest BCUT2D eigenvalue weighted by molar-refractivity contribution is 6.31. The maximum atomic E-state index is 14.1. The molecule has 0 saturated carbocycles. The number of carbonyl (C=O) groups excluding carboxylic acids is 2. The topological polar surface area (TPSA) is 67.9 Å². The van der Waals surface area contributed by atoms with Crippen LogP contribution in [0.25, 0.3) is 0 Å². The van der Waals surface area contributed by atoms with Crippen LogP contribution in [0.5, 0.6) is 0 Å². The molecule has 3 aromatic rings. The first-order valence-corrected chi connectivity index (χ1v) is 16.8. The Morgan fingerprint density at radius 3 is 2.31 bits per heavy atom. The molecule has 7 nitrogen and oxygen atoms in total. The molecule has 2 aliphatic rings. The van der Waals surface area contributed by atoms with Crippen molar-refractivity contribution >= 4 is 23.4 Å². The predicted molar refractivity (Wildman–Crippen MR) is 182 cm³/mol. The Kier molecular flexibility index (Phi) is 11.0. The van der Waals surface area contributed by atoms with E-state index < -0.39 is 11.6 Å². The Labute approximate surface area is 273 Å². The maximum absolute atomic E-state index is 14.1. The van der Waals surface area contributed by atoms with E-state index in [1.54, 1.807) is 0 Å². The summed E-state index contributed by atoms with van der Waals surface area (Å²) in [5.74, 6) is -0.143. The van der Waals surface area contributed by atoms with Crippen LogP contribution in [0, 0.1) is 6.92 Å². The smallest absolute Gasteiger partial charge is 0.245 e. The van der Waals surface area contributed by atoms with E-state index in [0.29, 0.717) is 19.5 Å². The number of hydrogen-bond acceptors (Lipinski definition) is 5. The Bertz CT molecular complexity index is 1450. The summed E-state index contributed by atoms with van der Waals surface area (Å²) in [7, 11) is 0. The number of hydrogen-bond donors (Lipinski definition) is 2. The van der Waals surface area contributed by atoms with E-state index in [2.05, 4.69) is 96.7 Å². The van der Waals surface area contributed by atoms with E-state index >= 15 is 0 Å². The van der Waals surface area contributed by atoms with Gasteiger partial charge in [-0.05, 0) is 55.3 Å². The van der Waals surface area contributed by atoms with E-state index in [4.69, 9.17) is 11.6 Å². The summed E-state index contributed by atoms with van der Waals surface area (Å²) in [6, 6.07) is 24.1. The van der Waals surface area contributed by atoms with Crippen LogP contribution in [-0.4, -0.2) is 78.4 Å². The van der Waals surface area contributed by atoms with Crippen LogP contribution in [0.4, 0.5) is 0 Å². The van der Waals surface area contributed by atoms with Gasteiger partial charge in [-0.2, -0.15) is 0 Å². The number of aryl methyl sites for hydroxylation is 1. The molecule has 0 aromatic heterocycles.